The molecule has 2 amide bonds. The zero-order valence-electron chi connectivity index (χ0n) is 14.7. The van der Waals surface area contributed by atoms with Crippen LogP contribution in [0.3, 0.4) is 0 Å². The number of nitrogens with one attached hydrogen (secondary N) is 1. The number of hydrogen-bond donors (Lipinski definition) is 1. The van der Waals surface area contributed by atoms with Gasteiger partial charge in [-0.2, -0.15) is 0 Å². The van der Waals surface area contributed by atoms with Gasteiger partial charge in [0, 0.05) is 25.6 Å². The van der Waals surface area contributed by atoms with Crippen molar-refractivity contribution in [3.05, 3.63) is 51.7 Å². The molecular formula is C19H22FN3O2S. The third-order valence-corrected chi connectivity index (χ3v) is 5.66. The van der Waals surface area contributed by atoms with Gasteiger partial charge in [0.05, 0.1) is 11.2 Å². The summed E-state index contributed by atoms with van der Waals surface area (Å²) in [5.41, 5.74) is 3.04. The van der Waals surface area contributed by atoms with Crippen LogP contribution >= 0.6 is 11.3 Å². The molecule has 1 aliphatic rings. The summed E-state index contributed by atoms with van der Waals surface area (Å²) >= 11 is 1.36. The van der Waals surface area contributed by atoms with Crippen LogP contribution in [-0.2, 0) is 11.2 Å². The number of carbonyl (C=O) groups excluding carboxylic acids is 2. The molecule has 1 aromatic heterocycles. The van der Waals surface area contributed by atoms with E-state index in [4.69, 9.17) is 0 Å². The number of benzene rings is 1. The molecule has 2 aromatic rings. The van der Waals surface area contributed by atoms with E-state index < -0.39 is 0 Å². The molecule has 3 rings (SSSR count). The smallest absolute Gasteiger partial charge is 0.265 e. The Labute approximate surface area is 156 Å². The van der Waals surface area contributed by atoms with Gasteiger partial charge in [0.1, 0.15) is 10.7 Å². The third kappa shape index (κ3) is 4.27. The van der Waals surface area contributed by atoms with Gasteiger partial charge in [0.15, 0.2) is 0 Å². The number of thiazole rings is 1. The first-order valence-corrected chi connectivity index (χ1v) is 9.64. The van der Waals surface area contributed by atoms with E-state index in [2.05, 4.69) is 10.3 Å². The molecule has 0 unspecified atom stereocenters. The van der Waals surface area contributed by atoms with Crippen LogP contribution in [0.25, 0.3) is 0 Å². The molecule has 0 aliphatic carbocycles. The quantitative estimate of drug-likeness (QED) is 0.874. The molecule has 1 aliphatic heterocycles. The maximum atomic E-state index is 13.6. The Morgan fingerprint density at radius 2 is 2.04 bits per heavy atom. The zero-order chi connectivity index (χ0) is 18.5. The van der Waals surface area contributed by atoms with E-state index in [1.54, 1.807) is 28.6 Å². The van der Waals surface area contributed by atoms with Crippen LogP contribution in [-0.4, -0.2) is 41.3 Å². The van der Waals surface area contributed by atoms with Crippen LogP contribution in [0.5, 0.6) is 0 Å². The monoisotopic (exact) mass is 375 g/mol. The lowest BCUT2D eigenvalue weighted by Gasteiger charge is -2.31. The first-order valence-electron chi connectivity index (χ1n) is 8.76. The maximum absolute atomic E-state index is 13.6. The molecule has 0 atom stereocenters. The molecule has 0 saturated carbocycles. The predicted octanol–water partition coefficient (Wildman–Crippen LogP) is 2.80. The first-order chi connectivity index (χ1) is 12.6. The van der Waals surface area contributed by atoms with Crippen LogP contribution < -0.4 is 5.32 Å². The molecule has 138 valence electrons. The minimum absolute atomic E-state index is 0.00316. The van der Waals surface area contributed by atoms with Crippen molar-refractivity contribution in [1.82, 2.24) is 15.2 Å². The van der Waals surface area contributed by atoms with Gasteiger partial charge in [0.25, 0.3) is 5.91 Å². The number of carbonyl (C=O) groups is 2. The summed E-state index contributed by atoms with van der Waals surface area (Å²) in [4.78, 5) is 31.4. The summed E-state index contributed by atoms with van der Waals surface area (Å²) in [5, 5.41) is 2.89. The molecule has 1 fully saturated rings. The molecule has 0 radical (unpaired) electrons. The van der Waals surface area contributed by atoms with Gasteiger partial charge < -0.3 is 10.2 Å². The Morgan fingerprint density at radius 3 is 2.69 bits per heavy atom. The number of halogens is 1. The van der Waals surface area contributed by atoms with Crippen molar-refractivity contribution < 1.29 is 14.0 Å². The van der Waals surface area contributed by atoms with Crippen LogP contribution in [0.15, 0.2) is 29.8 Å². The first kappa shape index (κ1) is 18.5. The normalized spacial score (nSPS) is 15.1. The number of amides is 2. The summed E-state index contributed by atoms with van der Waals surface area (Å²) in [5.74, 6) is -0.347. The van der Waals surface area contributed by atoms with E-state index in [0.29, 0.717) is 49.3 Å². The van der Waals surface area contributed by atoms with Crippen molar-refractivity contribution >= 4 is 23.2 Å². The number of likely N-dealkylation sites (tertiary alicyclic amines) is 1. The molecule has 7 heteroatoms. The summed E-state index contributed by atoms with van der Waals surface area (Å²) < 4.78 is 13.6. The second-order valence-electron chi connectivity index (χ2n) is 6.47. The number of hydrogen-bond acceptors (Lipinski definition) is 4. The molecule has 1 aromatic carbocycles. The van der Waals surface area contributed by atoms with Crippen molar-refractivity contribution in [2.45, 2.75) is 26.2 Å². The standard InChI is InChI=1S/C19H22FN3O2S/c1-13-17(26-12-22-13)19(25)23-10-7-15(8-11-23)18(24)21-9-6-14-4-2-3-5-16(14)20/h2-5,12,15H,6-11H2,1H3,(H,21,24). The highest BCUT2D eigenvalue weighted by molar-refractivity contribution is 7.11. The molecule has 1 saturated heterocycles. The van der Waals surface area contributed by atoms with Crippen LogP contribution in [0.4, 0.5) is 4.39 Å². The van der Waals surface area contributed by atoms with Gasteiger partial charge >= 0.3 is 0 Å². The topological polar surface area (TPSA) is 62.3 Å². The van der Waals surface area contributed by atoms with Crippen LogP contribution in [0.1, 0.15) is 33.8 Å². The van der Waals surface area contributed by atoms with Crippen LogP contribution in [0.2, 0.25) is 0 Å². The van der Waals surface area contributed by atoms with Gasteiger partial charge in [-0.15, -0.1) is 11.3 Å². The Hall–Kier alpha value is -2.28. The minimum Gasteiger partial charge on any atom is -0.356 e. The van der Waals surface area contributed by atoms with Gasteiger partial charge in [-0.1, -0.05) is 18.2 Å². The van der Waals surface area contributed by atoms with E-state index in [9.17, 15) is 14.0 Å². The molecule has 5 nitrogen and oxygen atoms in total. The number of aryl methyl sites for hydroxylation is 1. The number of nitrogens with zero attached hydrogens (tertiary/aromatic N) is 2. The van der Waals surface area contributed by atoms with Crippen molar-refractivity contribution in [3.8, 4) is 0 Å². The Balaban J connectivity index is 1.44. The average Bonchev–Trinajstić information content (AvgIpc) is 3.08. The zero-order valence-corrected chi connectivity index (χ0v) is 15.5. The highest BCUT2D eigenvalue weighted by atomic mass is 32.1. The summed E-state index contributed by atoms with van der Waals surface area (Å²) in [7, 11) is 0. The van der Waals surface area contributed by atoms with E-state index in [0.717, 1.165) is 5.69 Å². The molecule has 2 heterocycles. The number of rotatable bonds is 5. The predicted molar refractivity (Wildman–Crippen MR) is 98.6 cm³/mol. The number of piperidine rings is 1. The van der Waals surface area contributed by atoms with E-state index >= 15 is 0 Å². The second kappa shape index (κ2) is 8.40. The lowest BCUT2D eigenvalue weighted by Crippen LogP contribution is -2.43. The molecule has 0 spiro atoms. The lowest BCUT2D eigenvalue weighted by atomic mass is 9.95. The van der Waals surface area contributed by atoms with Crippen molar-refractivity contribution in [2.24, 2.45) is 5.92 Å². The average molecular weight is 375 g/mol. The van der Waals surface area contributed by atoms with Gasteiger partial charge in [-0.05, 0) is 37.8 Å². The highest BCUT2D eigenvalue weighted by Crippen LogP contribution is 2.22. The fourth-order valence-corrected chi connectivity index (χ4v) is 3.93. The fourth-order valence-electron chi connectivity index (χ4n) is 3.16. The van der Waals surface area contributed by atoms with Gasteiger partial charge in [0.2, 0.25) is 5.91 Å². The Morgan fingerprint density at radius 1 is 1.31 bits per heavy atom. The van der Waals surface area contributed by atoms with E-state index in [-0.39, 0.29) is 23.5 Å². The fraction of sp³-hybridized carbons (Fsp3) is 0.421. The Bertz CT molecular complexity index is 785. The maximum Gasteiger partial charge on any atom is 0.265 e. The second-order valence-corrected chi connectivity index (χ2v) is 7.32. The van der Waals surface area contributed by atoms with E-state index in [1.165, 1.54) is 17.4 Å². The summed E-state index contributed by atoms with van der Waals surface area (Å²) in [6, 6.07) is 6.60. The SMILES string of the molecule is Cc1ncsc1C(=O)N1CCC(C(=O)NCCc2ccccc2F)CC1. The molecule has 0 bridgehead atoms. The molecular weight excluding hydrogens is 353 g/mol. The lowest BCUT2D eigenvalue weighted by molar-refractivity contribution is -0.126. The van der Waals surface area contributed by atoms with Crippen LogP contribution in [0, 0.1) is 18.7 Å². The summed E-state index contributed by atoms with van der Waals surface area (Å²) in [6.45, 7) is 3.39. The molecule has 1 N–H and O–H groups in total. The van der Waals surface area contributed by atoms with Crippen molar-refractivity contribution in [3.63, 3.8) is 0 Å². The molecule has 26 heavy (non-hydrogen) atoms. The van der Waals surface area contributed by atoms with Gasteiger partial charge in [-0.3, -0.25) is 9.59 Å². The van der Waals surface area contributed by atoms with Crippen molar-refractivity contribution in [2.75, 3.05) is 19.6 Å². The van der Waals surface area contributed by atoms with E-state index in [1.807, 2.05) is 6.92 Å². The highest BCUT2D eigenvalue weighted by Gasteiger charge is 2.28. The third-order valence-electron chi connectivity index (χ3n) is 4.74. The largest absolute Gasteiger partial charge is 0.356 e. The summed E-state index contributed by atoms with van der Waals surface area (Å²) in [6.07, 6.45) is 1.77. The van der Waals surface area contributed by atoms with Gasteiger partial charge in [-0.25, -0.2) is 9.37 Å². The minimum atomic E-state index is -0.244. The number of aromatic nitrogens is 1. The van der Waals surface area contributed by atoms with Crippen molar-refractivity contribution in [1.29, 1.82) is 0 Å². The Kier molecular flexibility index (Phi) is 5.98.